The highest BCUT2D eigenvalue weighted by molar-refractivity contribution is 5.93. The molecule has 108 valence electrons. The third kappa shape index (κ3) is 4.28. The van der Waals surface area contributed by atoms with Gasteiger partial charge in [0.05, 0.1) is 5.69 Å². The van der Waals surface area contributed by atoms with Crippen LogP contribution in [0.2, 0.25) is 0 Å². The highest BCUT2D eigenvalue weighted by atomic mass is 16.2. The number of carbonyl (C=O) groups is 1. The van der Waals surface area contributed by atoms with E-state index in [9.17, 15) is 4.79 Å². The molecule has 0 aliphatic rings. The number of rotatable bonds is 7. The van der Waals surface area contributed by atoms with Crippen LogP contribution in [-0.4, -0.2) is 54.0 Å². The molecule has 1 heterocycles. The standard InChI is InChI=1S/C14H26N4O/c1-5-17(9-7-8-16(3)4)14(19)13-10-12(15)11-18(13)6-2/h10-11H,5-9,15H2,1-4H3. The summed E-state index contributed by atoms with van der Waals surface area (Å²) in [6.07, 6.45) is 2.80. The zero-order valence-electron chi connectivity index (χ0n) is 12.5. The first-order chi connectivity index (χ1) is 8.99. The summed E-state index contributed by atoms with van der Waals surface area (Å²) in [6.45, 7) is 7.27. The third-order valence-corrected chi connectivity index (χ3v) is 3.18. The van der Waals surface area contributed by atoms with Gasteiger partial charge in [-0.25, -0.2) is 0 Å². The first-order valence-electron chi connectivity index (χ1n) is 6.89. The molecule has 1 rings (SSSR count). The number of hydrogen-bond donors (Lipinski definition) is 1. The van der Waals surface area contributed by atoms with Gasteiger partial charge in [-0.3, -0.25) is 4.79 Å². The fourth-order valence-electron chi connectivity index (χ4n) is 2.12. The molecule has 0 spiro atoms. The van der Waals surface area contributed by atoms with Gasteiger partial charge in [-0.05, 0) is 47.0 Å². The lowest BCUT2D eigenvalue weighted by Crippen LogP contribution is -2.34. The maximum atomic E-state index is 12.5. The van der Waals surface area contributed by atoms with Gasteiger partial charge < -0.3 is 20.1 Å². The molecule has 1 aromatic rings. The Morgan fingerprint density at radius 3 is 2.53 bits per heavy atom. The van der Waals surface area contributed by atoms with E-state index in [2.05, 4.69) is 4.90 Å². The van der Waals surface area contributed by atoms with Crippen LogP contribution in [0.5, 0.6) is 0 Å². The number of nitrogens with two attached hydrogens (primary N) is 1. The largest absolute Gasteiger partial charge is 0.397 e. The van der Waals surface area contributed by atoms with Gasteiger partial charge in [-0.15, -0.1) is 0 Å². The van der Waals surface area contributed by atoms with Crippen molar-refractivity contribution in [1.29, 1.82) is 0 Å². The molecule has 5 nitrogen and oxygen atoms in total. The summed E-state index contributed by atoms with van der Waals surface area (Å²) < 4.78 is 1.91. The van der Waals surface area contributed by atoms with Crippen LogP contribution in [0.25, 0.3) is 0 Å². The fourth-order valence-corrected chi connectivity index (χ4v) is 2.12. The summed E-state index contributed by atoms with van der Waals surface area (Å²) in [6, 6.07) is 1.76. The van der Waals surface area contributed by atoms with Crippen molar-refractivity contribution in [3.05, 3.63) is 18.0 Å². The van der Waals surface area contributed by atoms with Crippen molar-refractivity contribution >= 4 is 11.6 Å². The molecule has 0 aromatic carbocycles. The predicted octanol–water partition coefficient (Wildman–Crippen LogP) is 1.50. The summed E-state index contributed by atoms with van der Waals surface area (Å²) >= 11 is 0. The van der Waals surface area contributed by atoms with E-state index in [-0.39, 0.29) is 5.91 Å². The second kappa shape index (κ2) is 7.19. The molecule has 0 unspecified atom stereocenters. The van der Waals surface area contributed by atoms with E-state index in [0.29, 0.717) is 11.4 Å². The summed E-state index contributed by atoms with van der Waals surface area (Å²) in [5.74, 6) is 0.0693. The molecule has 2 N–H and O–H groups in total. The number of nitrogens with zero attached hydrogens (tertiary/aromatic N) is 3. The summed E-state index contributed by atoms with van der Waals surface area (Å²) in [5, 5.41) is 0. The Morgan fingerprint density at radius 2 is 2.00 bits per heavy atom. The van der Waals surface area contributed by atoms with Crippen LogP contribution in [0.15, 0.2) is 12.3 Å². The van der Waals surface area contributed by atoms with Gasteiger partial charge >= 0.3 is 0 Å². The summed E-state index contributed by atoms with van der Waals surface area (Å²) in [7, 11) is 4.09. The Bertz CT molecular complexity index is 412. The molecule has 1 amide bonds. The van der Waals surface area contributed by atoms with Gasteiger partial charge in [-0.1, -0.05) is 0 Å². The smallest absolute Gasteiger partial charge is 0.270 e. The van der Waals surface area contributed by atoms with Crippen LogP contribution in [-0.2, 0) is 6.54 Å². The predicted molar refractivity (Wildman–Crippen MR) is 79.3 cm³/mol. The SMILES string of the molecule is CCN(CCCN(C)C)C(=O)c1cc(N)cn1CC. The van der Waals surface area contributed by atoms with E-state index in [4.69, 9.17) is 5.73 Å². The Labute approximate surface area is 116 Å². The number of hydrogen-bond acceptors (Lipinski definition) is 3. The second-order valence-electron chi connectivity index (χ2n) is 4.99. The van der Waals surface area contributed by atoms with Gasteiger partial charge in [0.2, 0.25) is 0 Å². The Hall–Kier alpha value is -1.49. The van der Waals surface area contributed by atoms with Gasteiger partial charge in [0.15, 0.2) is 0 Å². The van der Waals surface area contributed by atoms with E-state index >= 15 is 0 Å². The molecule has 0 saturated heterocycles. The lowest BCUT2D eigenvalue weighted by Gasteiger charge is -2.22. The van der Waals surface area contributed by atoms with Crippen LogP contribution in [0.4, 0.5) is 5.69 Å². The summed E-state index contributed by atoms with van der Waals surface area (Å²) in [4.78, 5) is 16.5. The molecule has 0 fully saturated rings. The molecule has 1 aromatic heterocycles. The topological polar surface area (TPSA) is 54.5 Å². The molecule has 19 heavy (non-hydrogen) atoms. The lowest BCUT2D eigenvalue weighted by molar-refractivity contribution is 0.0748. The zero-order chi connectivity index (χ0) is 14.4. The van der Waals surface area contributed by atoms with Crippen LogP contribution >= 0.6 is 0 Å². The minimum Gasteiger partial charge on any atom is -0.397 e. The van der Waals surface area contributed by atoms with Gasteiger partial charge in [-0.2, -0.15) is 0 Å². The number of carbonyl (C=O) groups excluding carboxylic acids is 1. The quantitative estimate of drug-likeness (QED) is 0.814. The van der Waals surface area contributed by atoms with E-state index in [1.165, 1.54) is 0 Å². The second-order valence-corrected chi connectivity index (χ2v) is 4.99. The average Bonchev–Trinajstić information content (AvgIpc) is 2.75. The molecule has 5 heteroatoms. The molecular formula is C14H26N4O. The van der Waals surface area contributed by atoms with Crippen LogP contribution in [0, 0.1) is 0 Å². The van der Waals surface area contributed by atoms with Crippen molar-refractivity contribution < 1.29 is 4.79 Å². The number of aryl methyl sites for hydroxylation is 1. The van der Waals surface area contributed by atoms with E-state index in [1.807, 2.05) is 43.6 Å². The van der Waals surface area contributed by atoms with Crippen LogP contribution in [0.1, 0.15) is 30.8 Å². The zero-order valence-corrected chi connectivity index (χ0v) is 12.5. The molecule has 0 aliphatic carbocycles. The van der Waals surface area contributed by atoms with Crippen molar-refractivity contribution in [3.8, 4) is 0 Å². The molecule has 0 radical (unpaired) electrons. The maximum Gasteiger partial charge on any atom is 0.270 e. The Balaban J connectivity index is 2.72. The van der Waals surface area contributed by atoms with Crippen LogP contribution < -0.4 is 5.73 Å². The highest BCUT2D eigenvalue weighted by Crippen LogP contribution is 2.13. The minimum atomic E-state index is 0.0693. The summed E-state index contributed by atoms with van der Waals surface area (Å²) in [5.41, 5.74) is 7.11. The number of aromatic nitrogens is 1. The van der Waals surface area contributed by atoms with E-state index in [0.717, 1.165) is 32.6 Å². The monoisotopic (exact) mass is 266 g/mol. The van der Waals surface area contributed by atoms with Crippen molar-refractivity contribution in [2.75, 3.05) is 39.5 Å². The lowest BCUT2D eigenvalue weighted by atomic mass is 10.3. The molecule has 0 atom stereocenters. The number of nitrogen functional groups attached to an aromatic ring is 1. The third-order valence-electron chi connectivity index (χ3n) is 3.18. The highest BCUT2D eigenvalue weighted by Gasteiger charge is 2.18. The average molecular weight is 266 g/mol. The first kappa shape index (κ1) is 15.6. The van der Waals surface area contributed by atoms with Crippen molar-refractivity contribution in [3.63, 3.8) is 0 Å². The molecule has 0 bridgehead atoms. The maximum absolute atomic E-state index is 12.5. The molecule has 0 aliphatic heterocycles. The van der Waals surface area contributed by atoms with E-state index in [1.54, 1.807) is 6.07 Å². The number of amides is 1. The first-order valence-corrected chi connectivity index (χ1v) is 6.89. The van der Waals surface area contributed by atoms with Crippen molar-refractivity contribution in [1.82, 2.24) is 14.4 Å². The van der Waals surface area contributed by atoms with Crippen molar-refractivity contribution in [2.24, 2.45) is 0 Å². The molecular weight excluding hydrogens is 240 g/mol. The Morgan fingerprint density at radius 1 is 1.32 bits per heavy atom. The Kier molecular flexibility index (Phi) is 5.89. The molecule has 0 saturated carbocycles. The van der Waals surface area contributed by atoms with Gasteiger partial charge in [0.1, 0.15) is 5.69 Å². The van der Waals surface area contributed by atoms with Gasteiger partial charge in [0.25, 0.3) is 5.91 Å². The van der Waals surface area contributed by atoms with Crippen molar-refractivity contribution in [2.45, 2.75) is 26.8 Å². The van der Waals surface area contributed by atoms with Gasteiger partial charge in [0, 0.05) is 25.8 Å². The number of anilines is 1. The minimum absolute atomic E-state index is 0.0693. The normalized spacial score (nSPS) is 11.0. The van der Waals surface area contributed by atoms with Crippen LogP contribution in [0.3, 0.4) is 0 Å². The van der Waals surface area contributed by atoms with E-state index < -0.39 is 0 Å². The fraction of sp³-hybridized carbons (Fsp3) is 0.643.